The molecule has 2 nitrogen and oxygen atoms in total. The molecule has 7 aromatic carbocycles. The Balaban J connectivity index is 0.959. The van der Waals surface area contributed by atoms with Gasteiger partial charge in [-0.1, -0.05) is 146 Å². The quantitative estimate of drug-likeness (QED) is 0.181. The highest BCUT2D eigenvalue weighted by atomic mass is 32.1. The van der Waals surface area contributed by atoms with E-state index >= 15 is 0 Å². The van der Waals surface area contributed by atoms with Crippen LogP contribution in [-0.4, -0.2) is 4.57 Å². The molecule has 9 aromatic rings. The summed E-state index contributed by atoms with van der Waals surface area (Å²) in [6, 6.07) is 60.1. The zero-order valence-electron chi connectivity index (χ0n) is 27.8. The third-order valence-electron chi connectivity index (χ3n) is 11.0. The van der Waals surface area contributed by atoms with Gasteiger partial charge in [0.25, 0.3) is 0 Å². The van der Waals surface area contributed by atoms with E-state index in [1.165, 1.54) is 86.5 Å². The first-order valence-electron chi connectivity index (χ1n) is 17.6. The van der Waals surface area contributed by atoms with Gasteiger partial charge in [-0.2, -0.15) is 0 Å². The van der Waals surface area contributed by atoms with Crippen molar-refractivity contribution in [3.63, 3.8) is 0 Å². The van der Waals surface area contributed by atoms with Crippen LogP contribution in [-0.2, 0) is 5.41 Å². The topological polar surface area (TPSA) is 17.0 Å². The molecule has 0 saturated heterocycles. The summed E-state index contributed by atoms with van der Waals surface area (Å²) in [7, 11) is 0. The maximum absolute atomic E-state index is 3.75. The Morgan fingerprint density at radius 1 is 0.510 bits per heavy atom. The maximum atomic E-state index is 3.75. The Morgan fingerprint density at radius 2 is 1.18 bits per heavy atom. The Kier molecular flexibility index (Phi) is 6.14. The number of para-hydroxylation sites is 1. The number of allylic oxidation sites excluding steroid dienone is 2. The molecule has 240 valence electrons. The monoisotopic (exact) mass is 668 g/mol. The molecule has 2 aliphatic rings. The minimum Gasteiger partial charge on any atom is -0.368 e. The first-order valence-corrected chi connectivity index (χ1v) is 18.4. The lowest BCUT2D eigenvalue weighted by Crippen LogP contribution is -2.29. The maximum Gasteiger partial charge on any atom is 0.127 e. The predicted octanol–water partition coefficient (Wildman–Crippen LogP) is 12.7. The van der Waals surface area contributed by atoms with Crippen molar-refractivity contribution in [2.24, 2.45) is 0 Å². The molecular formula is C48H32N2S. The number of nitrogens with one attached hydrogen (secondary N) is 1. The van der Waals surface area contributed by atoms with Crippen molar-refractivity contribution in [1.82, 2.24) is 9.88 Å². The third-order valence-corrected chi connectivity index (χ3v) is 12.2. The molecule has 2 aromatic heterocycles. The van der Waals surface area contributed by atoms with Crippen LogP contribution in [0.5, 0.6) is 0 Å². The van der Waals surface area contributed by atoms with Crippen LogP contribution in [0.1, 0.15) is 11.7 Å². The summed E-state index contributed by atoms with van der Waals surface area (Å²) in [5, 5.41) is 8.98. The Bertz CT molecular complexity index is 2890. The van der Waals surface area contributed by atoms with Crippen molar-refractivity contribution >= 4 is 53.3 Å². The molecule has 1 aliphatic heterocycles. The molecule has 0 amide bonds. The predicted molar refractivity (Wildman–Crippen MR) is 216 cm³/mol. The molecule has 51 heavy (non-hydrogen) atoms. The van der Waals surface area contributed by atoms with Crippen LogP contribution in [0.2, 0.25) is 0 Å². The zero-order chi connectivity index (χ0) is 33.5. The van der Waals surface area contributed by atoms with Crippen molar-refractivity contribution in [2.45, 2.75) is 11.6 Å². The molecule has 0 fully saturated rings. The van der Waals surface area contributed by atoms with E-state index < -0.39 is 0 Å². The largest absolute Gasteiger partial charge is 0.368 e. The molecule has 0 bridgehead atoms. The van der Waals surface area contributed by atoms with Crippen molar-refractivity contribution in [3.8, 4) is 33.4 Å². The van der Waals surface area contributed by atoms with Gasteiger partial charge in [0.15, 0.2) is 0 Å². The lowest BCUT2D eigenvalue weighted by atomic mass is 9.86. The normalized spacial score (nSPS) is 17.9. The van der Waals surface area contributed by atoms with E-state index in [1.807, 2.05) is 11.3 Å². The summed E-state index contributed by atoms with van der Waals surface area (Å²) in [5.74, 6) is 0. The van der Waals surface area contributed by atoms with E-state index in [0.29, 0.717) is 0 Å². The van der Waals surface area contributed by atoms with Crippen LogP contribution in [0.4, 0.5) is 0 Å². The number of thiophene rings is 1. The van der Waals surface area contributed by atoms with E-state index in [2.05, 4.69) is 192 Å². The second-order valence-electron chi connectivity index (χ2n) is 13.8. The van der Waals surface area contributed by atoms with Gasteiger partial charge in [0.1, 0.15) is 6.17 Å². The Labute approximate surface area is 300 Å². The number of nitrogens with zero attached hydrogens (tertiary/aromatic N) is 1. The van der Waals surface area contributed by atoms with E-state index in [9.17, 15) is 0 Å². The molecule has 1 aliphatic carbocycles. The minimum atomic E-state index is -0.172. The van der Waals surface area contributed by atoms with E-state index in [0.717, 1.165) is 0 Å². The van der Waals surface area contributed by atoms with E-state index in [4.69, 9.17) is 0 Å². The average molecular weight is 669 g/mol. The van der Waals surface area contributed by atoms with E-state index in [1.54, 1.807) is 0 Å². The zero-order valence-corrected chi connectivity index (χ0v) is 28.6. The van der Waals surface area contributed by atoms with Gasteiger partial charge in [0.05, 0.1) is 16.4 Å². The fourth-order valence-electron chi connectivity index (χ4n) is 8.45. The van der Waals surface area contributed by atoms with Crippen LogP contribution in [0, 0.1) is 0 Å². The number of aromatic nitrogens is 1. The average Bonchev–Trinajstić information content (AvgIpc) is 3.73. The van der Waals surface area contributed by atoms with Crippen molar-refractivity contribution in [1.29, 1.82) is 0 Å². The lowest BCUT2D eigenvalue weighted by Gasteiger charge is -2.29. The van der Waals surface area contributed by atoms with Crippen LogP contribution >= 0.6 is 11.3 Å². The highest BCUT2D eigenvalue weighted by Crippen LogP contribution is 2.55. The standard InChI is InChI=1S/C48H32N2S/c1-2-10-31(11-3-1)33-12-8-13-34(28-33)32-20-23-36(24-21-32)48-26-27-49-47(42(48)30-48)50-43-18-6-4-14-38(43)41-29-35(22-25-44(41)50)37-16-9-17-40-39-15-5-7-19-45(39)51-46(37)40/h1-30,47,49H. The van der Waals surface area contributed by atoms with Crippen LogP contribution in [0.3, 0.4) is 0 Å². The van der Waals surface area contributed by atoms with Gasteiger partial charge in [0.2, 0.25) is 0 Å². The van der Waals surface area contributed by atoms with Crippen LogP contribution in [0.15, 0.2) is 188 Å². The summed E-state index contributed by atoms with van der Waals surface area (Å²) < 4.78 is 5.19. The SMILES string of the molecule is C1=CC2(c3ccc(-c4cccc(-c5ccccc5)c4)cc3)C=C2C(n2c3ccccc3c3cc(-c4cccc5c4sc4ccccc45)ccc32)N1. The molecular weight excluding hydrogens is 637 g/mol. The second-order valence-corrected chi connectivity index (χ2v) is 14.8. The molecule has 2 atom stereocenters. The second kappa shape index (κ2) is 10.9. The van der Waals surface area contributed by atoms with E-state index in [-0.39, 0.29) is 11.6 Å². The Hall–Kier alpha value is -6.16. The highest BCUT2D eigenvalue weighted by Gasteiger charge is 2.50. The number of rotatable bonds is 5. The molecule has 3 heterocycles. The fraction of sp³-hybridized carbons (Fsp3) is 0.0417. The van der Waals surface area contributed by atoms with Gasteiger partial charge in [0, 0.05) is 30.9 Å². The number of hydrogen-bond donors (Lipinski definition) is 1. The summed E-state index contributed by atoms with van der Waals surface area (Å²) in [6.45, 7) is 0. The van der Waals surface area contributed by atoms with Gasteiger partial charge in [-0.25, -0.2) is 0 Å². The molecule has 0 spiro atoms. The van der Waals surface area contributed by atoms with Crippen LogP contribution in [0.25, 0.3) is 75.4 Å². The number of benzene rings is 7. The fourth-order valence-corrected chi connectivity index (χ4v) is 9.69. The van der Waals surface area contributed by atoms with Crippen molar-refractivity contribution in [2.75, 3.05) is 0 Å². The van der Waals surface area contributed by atoms with Crippen molar-refractivity contribution in [3.05, 3.63) is 193 Å². The smallest absolute Gasteiger partial charge is 0.127 e. The lowest BCUT2D eigenvalue weighted by molar-refractivity contribution is 0.526. The molecule has 3 heteroatoms. The molecule has 0 saturated carbocycles. The summed E-state index contributed by atoms with van der Waals surface area (Å²) >= 11 is 1.89. The van der Waals surface area contributed by atoms with Crippen LogP contribution < -0.4 is 5.32 Å². The number of hydrogen-bond acceptors (Lipinski definition) is 2. The van der Waals surface area contributed by atoms with Gasteiger partial charge < -0.3 is 9.88 Å². The van der Waals surface area contributed by atoms with Gasteiger partial charge in [-0.05, 0) is 81.0 Å². The summed E-state index contributed by atoms with van der Waals surface area (Å²) in [5.41, 5.74) is 12.5. The van der Waals surface area contributed by atoms with Crippen molar-refractivity contribution < 1.29 is 0 Å². The summed E-state index contributed by atoms with van der Waals surface area (Å²) in [6.07, 6.45) is 6.95. The highest BCUT2D eigenvalue weighted by molar-refractivity contribution is 7.26. The minimum absolute atomic E-state index is 0.0245. The first kappa shape index (κ1) is 28.7. The third kappa shape index (κ3) is 4.35. The van der Waals surface area contributed by atoms with Gasteiger partial charge in [-0.15, -0.1) is 11.3 Å². The number of fused-ring (bicyclic) bond motifs is 7. The molecule has 11 rings (SSSR count). The first-order chi connectivity index (χ1) is 25.2. The molecule has 2 unspecified atom stereocenters. The molecule has 0 radical (unpaired) electrons. The molecule has 1 N–H and O–H groups in total. The summed E-state index contributed by atoms with van der Waals surface area (Å²) in [4.78, 5) is 0. The van der Waals surface area contributed by atoms with Gasteiger partial charge in [-0.3, -0.25) is 0 Å². The van der Waals surface area contributed by atoms with Gasteiger partial charge >= 0.3 is 0 Å². The Morgan fingerprint density at radius 3 is 2.04 bits per heavy atom.